The summed E-state index contributed by atoms with van der Waals surface area (Å²) in [5, 5.41) is 2.77. The molecular formula is C19H19N3O2. The Bertz CT molecular complexity index is 883. The fourth-order valence-electron chi connectivity index (χ4n) is 2.50. The Balaban J connectivity index is 1.93. The standard InChI is InChI=1S/C19H19N3O2/c1-3-19(23)21-15-6-5-7-16(11-15)22-13-20-17-10-14(12-24-4-2)8-9-18(17)22/h3,5-11,13H,1,4,12H2,2H3,(H,21,23). The molecule has 0 aliphatic rings. The van der Waals surface area contributed by atoms with Gasteiger partial charge in [-0.25, -0.2) is 4.98 Å². The number of carbonyl (C=O) groups excluding carboxylic acids is 1. The zero-order valence-corrected chi connectivity index (χ0v) is 13.5. The van der Waals surface area contributed by atoms with E-state index in [4.69, 9.17) is 4.74 Å². The number of anilines is 1. The number of nitrogens with zero attached hydrogens (tertiary/aromatic N) is 2. The highest BCUT2D eigenvalue weighted by molar-refractivity contribution is 5.99. The van der Waals surface area contributed by atoms with Crippen molar-refractivity contribution in [3.05, 3.63) is 67.0 Å². The second-order valence-electron chi connectivity index (χ2n) is 5.32. The van der Waals surface area contributed by atoms with E-state index in [2.05, 4.69) is 16.9 Å². The number of fused-ring (bicyclic) bond motifs is 1. The van der Waals surface area contributed by atoms with Crippen molar-refractivity contribution in [1.29, 1.82) is 0 Å². The molecule has 5 heteroatoms. The molecule has 0 saturated heterocycles. The summed E-state index contributed by atoms with van der Waals surface area (Å²) in [6, 6.07) is 13.7. The minimum absolute atomic E-state index is 0.233. The van der Waals surface area contributed by atoms with Crippen molar-refractivity contribution in [3.63, 3.8) is 0 Å². The average Bonchev–Trinajstić information content (AvgIpc) is 3.03. The molecule has 0 fully saturated rings. The van der Waals surface area contributed by atoms with Gasteiger partial charge in [0, 0.05) is 18.0 Å². The first-order valence-corrected chi connectivity index (χ1v) is 7.79. The summed E-state index contributed by atoms with van der Waals surface area (Å²) in [6.07, 6.45) is 3.03. The van der Waals surface area contributed by atoms with Crippen LogP contribution in [-0.2, 0) is 16.1 Å². The molecule has 1 amide bonds. The maximum atomic E-state index is 11.5. The van der Waals surface area contributed by atoms with E-state index in [1.54, 1.807) is 6.33 Å². The third-order valence-corrected chi connectivity index (χ3v) is 3.66. The van der Waals surface area contributed by atoms with Crippen LogP contribution in [0.15, 0.2) is 61.4 Å². The first kappa shape index (κ1) is 16.0. The predicted molar refractivity (Wildman–Crippen MR) is 95.2 cm³/mol. The molecule has 0 aliphatic carbocycles. The van der Waals surface area contributed by atoms with Crippen molar-refractivity contribution < 1.29 is 9.53 Å². The molecule has 1 aromatic heterocycles. The van der Waals surface area contributed by atoms with Gasteiger partial charge in [0.15, 0.2) is 0 Å². The van der Waals surface area contributed by atoms with Gasteiger partial charge in [0.1, 0.15) is 6.33 Å². The highest BCUT2D eigenvalue weighted by Gasteiger charge is 2.07. The lowest BCUT2D eigenvalue weighted by atomic mass is 10.2. The topological polar surface area (TPSA) is 56.2 Å². The van der Waals surface area contributed by atoms with Gasteiger partial charge >= 0.3 is 0 Å². The van der Waals surface area contributed by atoms with E-state index in [-0.39, 0.29) is 5.91 Å². The average molecular weight is 321 g/mol. The summed E-state index contributed by atoms with van der Waals surface area (Å²) in [5.74, 6) is -0.233. The number of hydrogen-bond donors (Lipinski definition) is 1. The van der Waals surface area contributed by atoms with Crippen LogP contribution >= 0.6 is 0 Å². The molecule has 0 aliphatic heterocycles. The van der Waals surface area contributed by atoms with Gasteiger partial charge < -0.3 is 10.1 Å². The molecule has 24 heavy (non-hydrogen) atoms. The number of carbonyl (C=O) groups is 1. The van der Waals surface area contributed by atoms with E-state index in [9.17, 15) is 4.79 Å². The lowest BCUT2D eigenvalue weighted by Gasteiger charge is -2.08. The van der Waals surface area contributed by atoms with E-state index >= 15 is 0 Å². The quantitative estimate of drug-likeness (QED) is 0.705. The van der Waals surface area contributed by atoms with Gasteiger partial charge in [-0.2, -0.15) is 0 Å². The summed E-state index contributed by atoms with van der Waals surface area (Å²) in [6.45, 7) is 6.72. The Morgan fingerprint density at radius 3 is 3.00 bits per heavy atom. The van der Waals surface area contributed by atoms with E-state index in [1.165, 1.54) is 6.08 Å². The van der Waals surface area contributed by atoms with Crippen molar-refractivity contribution >= 4 is 22.6 Å². The van der Waals surface area contributed by atoms with Crippen LogP contribution in [0, 0.1) is 0 Å². The van der Waals surface area contributed by atoms with E-state index < -0.39 is 0 Å². The molecular weight excluding hydrogens is 302 g/mol. The predicted octanol–water partition coefficient (Wildman–Crippen LogP) is 3.69. The smallest absolute Gasteiger partial charge is 0.247 e. The zero-order chi connectivity index (χ0) is 16.9. The van der Waals surface area contributed by atoms with Gasteiger partial charge in [0.25, 0.3) is 0 Å². The summed E-state index contributed by atoms with van der Waals surface area (Å²) < 4.78 is 7.43. The lowest BCUT2D eigenvalue weighted by Crippen LogP contribution is -2.07. The zero-order valence-electron chi connectivity index (χ0n) is 13.5. The Labute approximate surface area is 140 Å². The fraction of sp³-hybridized carbons (Fsp3) is 0.158. The second kappa shape index (κ2) is 7.10. The minimum Gasteiger partial charge on any atom is -0.377 e. The van der Waals surface area contributed by atoms with Gasteiger partial charge in [-0.05, 0) is 48.9 Å². The van der Waals surface area contributed by atoms with Crippen molar-refractivity contribution in [2.45, 2.75) is 13.5 Å². The fourth-order valence-corrected chi connectivity index (χ4v) is 2.50. The van der Waals surface area contributed by atoms with Gasteiger partial charge in [-0.15, -0.1) is 0 Å². The number of imidazole rings is 1. The van der Waals surface area contributed by atoms with Crippen molar-refractivity contribution in [3.8, 4) is 5.69 Å². The maximum Gasteiger partial charge on any atom is 0.247 e. The molecule has 0 spiro atoms. The van der Waals surface area contributed by atoms with Crippen LogP contribution in [0.3, 0.4) is 0 Å². The molecule has 5 nitrogen and oxygen atoms in total. The van der Waals surface area contributed by atoms with Gasteiger partial charge in [-0.1, -0.05) is 18.7 Å². The number of benzene rings is 2. The van der Waals surface area contributed by atoms with E-state index in [0.29, 0.717) is 18.9 Å². The third-order valence-electron chi connectivity index (χ3n) is 3.66. The summed E-state index contributed by atoms with van der Waals surface area (Å²) in [5.41, 5.74) is 4.65. The molecule has 0 saturated carbocycles. The number of amides is 1. The van der Waals surface area contributed by atoms with Crippen LogP contribution in [-0.4, -0.2) is 22.1 Å². The molecule has 0 bridgehead atoms. The largest absolute Gasteiger partial charge is 0.377 e. The van der Waals surface area contributed by atoms with Gasteiger partial charge in [0.2, 0.25) is 5.91 Å². The molecule has 3 rings (SSSR count). The first-order chi connectivity index (χ1) is 11.7. The molecule has 2 aromatic carbocycles. The van der Waals surface area contributed by atoms with E-state index in [0.717, 1.165) is 22.3 Å². The van der Waals surface area contributed by atoms with Gasteiger partial charge in [0.05, 0.1) is 17.6 Å². The summed E-state index contributed by atoms with van der Waals surface area (Å²) >= 11 is 0. The number of rotatable bonds is 6. The third kappa shape index (κ3) is 3.36. The van der Waals surface area contributed by atoms with Crippen LogP contribution in [0.25, 0.3) is 16.7 Å². The SMILES string of the molecule is C=CC(=O)Nc1cccc(-n2cnc3cc(COCC)ccc32)c1. The second-order valence-corrected chi connectivity index (χ2v) is 5.32. The number of aromatic nitrogens is 2. The monoisotopic (exact) mass is 321 g/mol. The Kier molecular flexibility index (Phi) is 4.72. The highest BCUT2D eigenvalue weighted by Crippen LogP contribution is 2.22. The number of ether oxygens (including phenoxy) is 1. The lowest BCUT2D eigenvalue weighted by molar-refractivity contribution is -0.111. The summed E-state index contributed by atoms with van der Waals surface area (Å²) in [4.78, 5) is 15.9. The van der Waals surface area contributed by atoms with Crippen LogP contribution < -0.4 is 5.32 Å². The highest BCUT2D eigenvalue weighted by atomic mass is 16.5. The number of hydrogen-bond acceptors (Lipinski definition) is 3. The van der Waals surface area contributed by atoms with Crippen LogP contribution in [0.4, 0.5) is 5.69 Å². The molecule has 1 N–H and O–H groups in total. The Morgan fingerprint density at radius 2 is 2.21 bits per heavy atom. The van der Waals surface area contributed by atoms with Crippen molar-refractivity contribution in [2.75, 3.05) is 11.9 Å². The van der Waals surface area contributed by atoms with Crippen LogP contribution in [0.1, 0.15) is 12.5 Å². The molecule has 0 radical (unpaired) electrons. The normalized spacial score (nSPS) is 10.7. The van der Waals surface area contributed by atoms with Crippen molar-refractivity contribution in [1.82, 2.24) is 9.55 Å². The molecule has 0 unspecified atom stereocenters. The molecule has 0 atom stereocenters. The number of nitrogens with one attached hydrogen (secondary N) is 1. The Hall–Kier alpha value is -2.92. The molecule has 1 heterocycles. The minimum atomic E-state index is -0.233. The first-order valence-electron chi connectivity index (χ1n) is 7.79. The van der Waals surface area contributed by atoms with Crippen LogP contribution in [0.2, 0.25) is 0 Å². The Morgan fingerprint density at radius 1 is 1.33 bits per heavy atom. The van der Waals surface area contributed by atoms with Crippen LogP contribution in [0.5, 0.6) is 0 Å². The summed E-state index contributed by atoms with van der Waals surface area (Å²) in [7, 11) is 0. The molecule has 3 aromatic rings. The van der Waals surface area contributed by atoms with Crippen molar-refractivity contribution in [2.24, 2.45) is 0 Å². The van der Waals surface area contributed by atoms with E-state index in [1.807, 2.05) is 54.0 Å². The molecule has 122 valence electrons. The van der Waals surface area contributed by atoms with Gasteiger partial charge in [-0.3, -0.25) is 9.36 Å². The maximum absolute atomic E-state index is 11.5.